The molecule has 0 aliphatic carbocycles. The van der Waals surface area contributed by atoms with Crippen molar-refractivity contribution in [2.24, 2.45) is 0 Å². The van der Waals surface area contributed by atoms with E-state index in [4.69, 9.17) is 5.11 Å². The van der Waals surface area contributed by atoms with Crippen molar-refractivity contribution in [1.82, 2.24) is 5.32 Å². The van der Waals surface area contributed by atoms with Gasteiger partial charge in [-0.2, -0.15) is 0 Å². The second-order valence-corrected chi connectivity index (χ2v) is 4.11. The monoisotopic (exact) mass is 259 g/mol. The maximum atomic E-state index is 9.25. The Hall–Kier alpha value is -0.580. The highest BCUT2D eigenvalue weighted by atomic mass is 79.9. The summed E-state index contributed by atoms with van der Waals surface area (Å²) < 4.78 is 0.952. The highest BCUT2D eigenvalue weighted by Gasteiger charge is 2.01. The third-order valence-electron chi connectivity index (χ3n) is 1.78. The van der Waals surface area contributed by atoms with Gasteiger partial charge in [-0.25, -0.2) is 0 Å². The lowest BCUT2D eigenvalue weighted by molar-refractivity contribution is 0.191. The lowest BCUT2D eigenvalue weighted by Gasteiger charge is -2.08. The summed E-state index contributed by atoms with van der Waals surface area (Å²) in [5, 5.41) is 21.4. The van der Waals surface area contributed by atoms with Gasteiger partial charge in [0.1, 0.15) is 5.75 Å². The van der Waals surface area contributed by atoms with Crippen LogP contribution in [-0.4, -0.2) is 22.9 Å². The van der Waals surface area contributed by atoms with Crippen molar-refractivity contribution in [3.05, 3.63) is 28.2 Å². The molecule has 0 heterocycles. The van der Waals surface area contributed by atoms with Crippen molar-refractivity contribution in [2.45, 2.75) is 19.6 Å². The molecule has 0 aromatic heterocycles. The molecule has 0 fully saturated rings. The first-order valence-electron chi connectivity index (χ1n) is 4.46. The molecule has 0 saturated carbocycles. The molecule has 78 valence electrons. The molecule has 1 rings (SSSR count). The molecule has 0 aliphatic rings. The largest absolute Gasteiger partial charge is 0.508 e. The van der Waals surface area contributed by atoms with Crippen LogP contribution >= 0.6 is 15.9 Å². The van der Waals surface area contributed by atoms with Crippen LogP contribution in [0.2, 0.25) is 0 Å². The average Bonchev–Trinajstić information content (AvgIpc) is 2.10. The molecule has 1 aromatic rings. The third-order valence-corrected chi connectivity index (χ3v) is 2.56. The summed E-state index contributed by atoms with van der Waals surface area (Å²) in [6.07, 6.45) is -0.355. The quantitative estimate of drug-likeness (QED) is 0.771. The van der Waals surface area contributed by atoms with Gasteiger partial charge < -0.3 is 15.5 Å². The first-order valence-corrected chi connectivity index (χ1v) is 5.25. The van der Waals surface area contributed by atoms with Gasteiger partial charge >= 0.3 is 0 Å². The molecular formula is C10H14BrNO2. The molecule has 0 aliphatic heterocycles. The molecule has 14 heavy (non-hydrogen) atoms. The van der Waals surface area contributed by atoms with Crippen LogP contribution in [0.25, 0.3) is 0 Å². The Balaban J connectivity index is 2.53. The number of phenols is 1. The van der Waals surface area contributed by atoms with E-state index >= 15 is 0 Å². The van der Waals surface area contributed by atoms with Crippen molar-refractivity contribution in [3.8, 4) is 5.75 Å². The third kappa shape index (κ3) is 3.65. The summed E-state index contributed by atoms with van der Waals surface area (Å²) in [7, 11) is 0. The summed E-state index contributed by atoms with van der Waals surface area (Å²) in [6, 6.07) is 5.12. The second kappa shape index (κ2) is 5.34. The molecule has 0 spiro atoms. The molecule has 3 nitrogen and oxygen atoms in total. The van der Waals surface area contributed by atoms with Gasteiger partial charge in [0, 0.05) is 17.6 Å². The Labute approximate surface area is 91.9 Å². The smallest absolute Gasteiger partial charge is 0.115 e. The second-order valence-electron chi connectivity index (χ2n) is 3.26. The van der Waals surface area contributed by atoms with E-state index in [1.54, 1.807) is 25.1 Å². The number of aromatic hydroxyl groups is 1. The van der Waals surface area contributed by atoms with Crippen LogP contribution in [0.3, 0.4) is 0 Å². The number of hydrogen-bond acceptors (Lipinski definition) is 3. The molecule has 1 aromatic carbocycles. The fourth-order valence-corrected chi connectivity index (χ4v) is 1.50. The van der Waals surface area contributed by atoms with Gasteiger partial charge in [-0.15, -0.1) is 0 Å². The van der Waals surface area contributed by atoms with E-state index < -0.39 is 0 Å². The van der Waals surface area contributed by atoms with E-state index in [1.165, 1.54) is 0 Å². The minimum absolute atomic E-state index is 0.252. The fourth-order valence-electron chi connectivity index (χ4n) is 1.11. The van der Waals surface area contributed by atoms with E-state index in [2.05, 4.69) is 21.2 Å². The molecular weight excluding hydrogens is 246 g/mol. The Bertz CT molecular complexity index is 302. The minimum Gasteiger partial charge on any atom is -0.508 e. The van der Waals surface area contributed by atoms with Crippen molar-refractivity contribution in [1.29, 1.82) is 0 Å². The van der Waals surface area contributed by atoms with Gasteiger partial charge in [-0.3, -0.25) is 0 Å². The number of nitrogens with one attached hydrogen (secondary N) is 1. The number of benzene rings is 1. The number of aliphatic hydroxyl groups is 1. The van der Waals surface area contributed by atoms with E-state index in [0.29, 0.717) is 13.1 Å². The van der Waals surface area contributed by atoms with Crippen LogP contribution in [-0.2, 0) is 6.54 Å². The van der Waals surface area contributed by atoms with Crippen molar-refractivity contribution in [2.75, 3.05) is 6.54 Å². The van der Waals surface area contributed by atoms with Gasteiger partial charge in [-0.05, 0) is 30.7 Å². The molecule has 4 heteroatoms. The fraction of sp³-hybridized carbons (Fsp3) is 0.400. The van der Waals surface area contributed by atoms with Crippen LogP contribution < -0.4 is 5.32 Å². The molecule has 3 N–H and O–H groups in total. The number of halogens is 1. The summed E-state index contributed by atoms with van der Waals surface area (Å²) >= 11 is 3.38. The molecule has 0 unspecified atom stereocenters. The topological polar surface area (TPSA) is 52.5 Å². The van der Waals surface area contributed by atoms with Crippen molar-refractivity contribution < 1.29 is 10.2 Å². The number of aliphatic hydroxyl groups excluding tert-OH is 1. The highest BCUT2D eigenvalue weighted by molar-refractivity contribution is 9.10. The zero-order valence-electron chi connectivity index (χ0n) is 8.00. The van der Waals surface area contributed by atoms with E-state index in [1.807, 2.05) is 0 Å². The van der Waals surface area contributed by atoms with Crippen LogP contribution in [0.15, 0.2) is 22.7 Å². The maximum Gasteiger partial charge on any atom is 0.115 e. The Morgan fingerprint density at radius 3 is 2.86 bits per heavy atom. The van der Waals surface area contributed by atoms with Crippen molar-refractivity contribution in [3.63, 3.8) is 0 Å². The zero-order valence-corrected chi connectivity index (χ0v) is 9.58. The standard InChI is InChI=1S/C10H14BrNO2/c1-7(13)5-12-6-8-4-9(14)2-3-10(8)11/h2-4,7,12-14H,5-6H2,1H3/t7-/m1/s1. The lowest BCUT2D eigenvalue weighted by atomic mass is 10.2. The van der Waals surface area contributed by atoms with Gasteiger partial charge in [0.25, 0.3) is 0 Å². The Morgan fingerprint density at radius 1 is 1.50 bits per heavy atom. The molecule has 0 amide bonds. The predicted octanol–water partition coefficient (Wildman–Crippen LogP) is 1.63. The Morgan fingerprint density at radius 2 is 2.21 bits per heavy atom. The summed E-state index contributed by atoms with van der Waals surface area (Å²) in [6.45, 7) is 2.90. The van der Waals surface area contributed by atoms with Crippen LogP contribution in [0.5, 0.6) is 5.75 Å². The van der Waals surface area contributed by atoms with E-state index in [0.717, 1.165) is 10.0 Å². The van der Waals surface area contributed by atoms with E-state index in [-0.39, 0.29) is 11.9 Å². The summed E-state index contributed by atoms with van der Waals surface area (Å²) in [5.41, 5.74) is 0.977. The SMILES string of the molecule is C[C@@H](O)CNCc1cc(O)ccc1Br. The van der Waals surface area contributed by atoms with Crippen LogP contribution in [0.4, 0.5) is 0 Å². The molecule has 0 bridgehead atoms. The van der Waals surface area contributed by atoms with Crippen LogP contribution in [0.1, 0.15) is 12.5 Å². The lowest BCUT2D eigenvalue weighted by Crippen LogP contribution is -2.23. The first kappa shape index (κ1) is 11.5. The summed E-state index contributed by atoms with van der Waals surface area (Å²) in [4.78, 5) is 0. The minimum atomic E-state index is -0.355. The average molecular weight is 260 g/mol. The predicted molar refractivity (Wildman–Crippen MR) is 59.2 cm³/mol. The highest BCUT2D eigenvalue weighted by Crippen LogP contribution is 2.21. The normalized spacial score (nSPS) is 12.8. The van der Waals surface area contributed by atoms with Gasteiger partial charge in [0.05, 0.1) is 6.10 Å². The maximum absolute atomic E-state index is 9.25. The molecule has 0 saturated heterocycles. The van der Waals surface area contributed by atoms with Crippen LogP contribution in [0, 0.1) is 0 Å². The first-order chi connectivity index (χ1) is 6.59. The van der Waals surface area contributed by atoms with Crippen molar-refractivity contribution >= 4 is 15.9 Å². The number of hydrogen-bond donors (Lipinski definition) is 3. The Kier molecular flexibility index (Phi) is 4.38. The molecule has 1 atom stereocenters. The van der Waals surface area contributed by atoms with E-state index in [9.17, 15) is 5.11 Å². The zero-order chi connectivity index (χ0) is 10.6. The summed E-state index contributed by atoms with van der Waals surface area (Å²) in [5.74, 6) is 0.252. The van der Waals surface area contributed by atoms with Gasteiger partial charge in [0.2, 0.25) is 0 Å². The molecule has 0 radical (unpaired) electrons. The number of rotatable bonds is 4. The number of phenolic OH excluding ortho intramolecular Hbond substituents is 1. The van der Waals surface area contributed by atoms with Gasteiger partial charge in [-0.1, -0.05) is 15.9 Å². The van der Waals surface area contributed by atoms with Gasteiger partial charge in [0.15, 0.2) is 0 Å².